The van der Waals surface area contributed by atoms with Crippen molar-refractivity contribution >= 4 is 23.2 Å². The maximum absolute atomic E-state index is 14.5. The Hall–Kier alpha value is -3.46. The molecule has 0 bridgehead atoms. The number of hydrogen-bond donors (Lipinski definition) is 0. The SMILES string of the molecule is Cc1cc(OCc2ccccc2)ccc1-c1c(Cl)ccc(-c2ccc(C#N)cc2Cl)c1C(F)(F)F. The molecule has 35 heavy (non-hydrogen) atoms. The summed E-state index contributed by atoms with van der Waals surface area (Å²) in [6, 6.07) is 23.3. The average Bonchev–Trinajstić information content (AvgIpc) is 2.83. The number of aryl methyl sites for hydroxylation is 1. The molecule has 0 radical (unpaired) electrons. The Morgan fingerprint density at radius 3 is 2.14 bits per heavy atom. The van der Waals surface area contributed by atoms with Gasteiger partial charge in [-0.1, -0.05) is 71.7 Å². The van der Waals surface area contributed by atoms with Crippen LogP contribution in [0, 0.1) is 18.3 Å². The van der Waals surface area contributed by atoms with E-state index in [2.05, 4.69) is 0 Å². The number of benzene rings is 4. The lowest BCUT2D eigenvalue weighted by atomic mass is 9.89. The van der Waals surface area contributed by atoms with Gasteiger partial charge in [0.2, 0.25) is 0 Å². The number of ether oxygens (including phenoxy) is 1. The Balaban J connectivity index is 1.81. The van der Waals surface area contributed by atoms with Crippen molar-refractivity contribution in [3.63, 3.8) is 0 Å². The molecule has 0 unspecified atom stereocenters. The van der Waals surface area contributed by atoms with Crippen LogP contribution in [0.4, 0.5) is 13.2 Å². The minimum atomic E-state index is -4.72. The third kappa shape index (κ3) is 5.30. The van der Waals surface area contributed by atoms with Crippen molar-refractivity contribution in [3.8, 4) is 34.1 Å². The van der Waals surface area contributed by atoms with Gasteiger partial charge in [0, 0.05) is 21.2 Å². The summed E-state index contributed by atoms with van der Waals surface area (Å²) in [7, 11) is 0. The molecule has 0 aliphatic carbocycles. The smallest absolute Gasteiger partial charge is 0.417 e. The molecule has 4 aromatic rings. The number of nitrogens with zero attached hydrogens (tertiary/aromatic N) is 1. The van der Waals surface area contributed by atoms with Gasteiger partial charge in [0.15, 0.2) is 0 Å². The van der Waals surface area contributed by atoms with E-state index in [9.17, 15) is 13.2 Å². The zero-order valence-corrected chi connectivity index (χ0v) is 20.0. The molecule has 176 valence electrons. The molecular formula is C28H18Cl2F3NO. The monoisotopic (exact) mass is 511 g/mol. The summed E-state index contributed by atoms with van der Waals surface area (Å²) in [6.45, 7) is 2.05. The van der Waals surface area contributed by atoms with Crippen LogP contribution in [-0.2, 0) is 12.8 Å². The standard InChI is InChI=1S/C28H18Cl2F3NO/c1-17-13-20(35-16-18-5-3-2-4-6-18)8-10-21(17)26-24(29)12-11-23(27(26)28(31,32)33)22-9-7-19(15-34)14-25(22)30/h2-14H,16H2,1H3. The third-order valence-corrected chi connectivity index (χ3v) is 6.17. The minimum absolute atomic E-state index is 0.0353. The highest BCUT2D eigenvalue weighted by atomic mass is 35.5. The van der Waals surface area contributed by atoms with Gasteiger partial charge in [-0.25, -0.2) is 0 Å². The van der Waals surface area contributed by atoms with Gasteiger partial charge in [-0.05, 0) is 59.5 Å². The highest BCUT2D eigenvalue weighted by Crippen LogP contribution is 2.48. The maximum atomic E-state index is 14.5. The van der Waals surface area contributed by atoms with Crippen molar-refractivity contribution in [2.24, 2.45) is 0 Å². The van der Waals surface area contributed by atoms with Gasteiger partial charge in [0.05, 0.1) is 17.2 Å². The molecule has 4 aromatic carbocycles. The lowest BCUT2D eigenvalue weighted by Gasteiger charge is -2.21. The van der Waals surface area contributed by atoms with E-state index in [4.69, 9.17) is 33.2 Å². The molecule has 0 fully saturated rings. The van der Waals surface area contributed by atoms with Gasteiger partial charge in [0.1, 0.15) is 12.4 Å². The maximum Gasteiger partial charge on any atom is 0.417 e. The van der Waals surface area contributed by atoms with E-state index in [1.54, 1.807) is 25.1 Å². The van der Waals surface area contributed by atoms with Crippen molar-refractivity contribution in [2.45, 2.75) is 19.7 Å². The molecule has 0 atom stereocenters. The molecule has 0 aliphatic rings. The summed E-state index contributed by atoms with van der Waals surface area (Å²) in [6.07, 6.45) is -4.72. The van der Waals surface area contributed by atoms with E-state index in [0.29, 0.717) is 23.5 Å². The molecule has 0 N–H and O–H groups in total. The summed E-state index contributed by atoms with van der Waals surface area (Å²) in [5, 5.41) is 9.09. The lowest BCUT2D eigenvalue weighted by Crippen LogP contribution is -2.11. The normalized spacial score (nSPS) is 11.2. The van der Waals surface area contributed by atoms with Crippen LogP contribution in [0.5, 0.6) is 5.75 Å². The lowest BCUT2D eigenvalue weighted by molar-refractivity contribution is -0.136. The summed E-state index contributed by atoms with van der Waals surface area (Å²) >= 11 is 12.6. The molecule has 0 heterocycles. The van der Waals surface area contributed by atoms with Crippen molar-refractivity contribution in [1.29, 1.82) is 5.26 Å². The summed E-state index contributed by atoms with van der Waals surface area (Å²) < 4.78 is 49.3. The first-order valence-corrected chi connectivity index (χ1v) is 11.3. The summed E-state index contributed by atoms with van der Waals surface area (Å²) in [5.41, 5.74) is 1.16. The number of rotatable bonds is 5. The van der Waals surface area contributed by atoms with Crippen LogP contribution in [0.15, 0.2) is 78.9 Å². The van der Waals surface area contributed by atoms with Crippen LogP contribution in [0.25, 0.3) is 22.3 Å². The minimum Gasteiger partial charge on any atom is -0.489 e. The number of alkyl halides is 3. The van der Waals surface area contributed by atoms with Gasteiger partial charge in [0.25, 0.3) is 0 Å². The second kappa shape index (κ2) is 10.0. The molecule has 7 heteroatoms. The fraction of sp³-hybridized carbons (Fsp3) is 0.107. The zero-order chi connectivity index (χ0) is 25.2. The summed E-state index contributed by atoms with van der Waals surface area (Å²) in [5.74, 6) is 0.533. The molecule has 0 saturated heterocycles. The molecular weight excluding hydrogens is 494 g/mol. The Morgan fingerprint density at radius 2 is 1.51 bits per heavy atom. The van der Waals surface area contributed by atoms with Crippen LogP contribution in [0.2, 0.25) is 10.0 Å². The quantitative estimate of drug-likeness (QED) is 0.267. The molecule has 0 saturated carbocycles. The highest BCUT2D eigenvalue weighted by Gasteiger charge is 2.38. The Kier molecular flexibility index (Phi) is 7.07. The van der Waals surface area contributed by atoms with Crippen LogP contribution in [-0.4, -0.2) is 0 Å². The van der Waals surface area contributed by atoms with E-state index in [-0.39, 0.29) is 32.3 Å². The Labute approximate surface area is 211 Å². The van der Waals surface area contributed by atoms with Crippen molar-refractivity contribution in [1.82, 2.24) is 0 Å². The molecule has 0 aromatic heterocycles. The van der Waals surface area contributed by atoms with E-state index in [1.807, 2.05) is 36.4 Å². The average molecular weight is 512 g/mol. The fourth-order valence-corrected chi connectivity index (χ4v) is 4.45. The Morgan fingerprint density at radius 1 is 0.829 bits per heavy atom. The molecule has 0 spiro atoms. The van der Waals surface area contributed by atoms with E-state index >= 15 is 0 Å². The fourth-order valence-electron chi connectivity index (χ4n) is 3.91. The molecule has 0 aliphatic heterocycles. The van der Waals surface area contributed by atoms with Gasteiger partial charge in [-0.15, -0.1) is 0 Å². The highest BCUT2D eigenvalue weighted by molar-refractivity contribution is 6.35. The molecule has 2 nitrogen and oxygen atoms in total. The number of hydrogen-bond acceptors (Lipinski definition) is 2. The largest absolute Gasteiger partial charge is 0.489 e. The van der Waals surface area contributed by atoms with E-state index in [1.165, 1.54) is 30.3 Å². The van der Waals surface area contributed by atoms with Crippen molar-refractivity contribution < 1.29 is 17.9 Å². The van der Waals surface area contributed by atoms with Gasteiger partial charge in [-0.3, -0.25) is 0 Å². The topological polar surface area (TPSA) is 33.0 Å². The van der Waals surface area contributed by atoms with E-state index in [0.717, 1.165) is 5.56 Å². The van der Waals surface area contributed by atoms with Crippen LogP contribution >= 0.6 is 23.2 Å². The first kappa shape index (κ1) is 24.7. The second-order valence-corrected chi connectivity index (χ2v) is 8.71. The van der Waals surface area contributed by atoms with Gasteiger partial charge in [-0.2, -0.15) is 18.4 Å². The first-order valence-electron chi connectivity index (χ1n) is 10.6. The molecule has 4 rings (SSSR count). The van der Waals surface area contributed by atoms with E-state index < -0.39 is 11.7 Å². The first-order chi connectivity index (χ1) is 16.7. The van der Waals surface area contributed by atoms with Gasteiger partial charge >= 0.3 is 6.18 Å². The number of nitriles is 1. The molecule has 0 amide bonds. The summed E-state index contributed by atoms with van der Waals surface area (Å²) in [4.78, 5) is 0. The predicted molar refractivity (Wildman–Crippen MR) is 133 cm³/mol. The van der Waals surface area contributed by atoms with Crippen molar-refractivity contribution in [2.75, 3.05) is 0 Å². The second-order valence-electron chi connectivity index (χ2n) is 7.90. The van der Waals surface area contributed by atoms with Crippen LogP contribution < -0.4 is 4.74 Å². The third-order valence-electron chi connectivity index (χ3n) is 5.54. The van der Waals surface area contributed by atoms with Crippen LogP contribution in [0.1, 0.15) is 22.3 Å². The number of halogens is 5. The predicted octanol–water partition coefficient (Wildman–Crippen LogP) is 9.11. The van der Waals surface area contributed by atoms with Crippen molar-refractivity contribution in [3.05, 3.63) is 111 Å². The van der Waals surface area contributed by atoms with Gasteiger partial charge < -0.3 is 4.74 Å². The van der Waals surface area contributed by atoms with Crippen LogP contribution in [0.3, 0.4) is 0 Å². The zero-order valence-electron chi connectivity index (χ0n) is 18.5. The Bertz CT molecular complexity index is 1430.